The van der Waals surface area contributed by atoms with Crippen LogP contribution in [0.4, 0.5) is 11.4 Å². The highest BCUT2D eigenvalue weighted by atomic mass is 16.3. The molecule has 0 fully saturated rings. The zero-order valence-corrected chi connectivity index (χ0v) is 11.5. The molecule has 6 nitrogen and oxygen atoms in total. The maximum atomic E-state index is 12.0. The molecular formula is C16H13N3O3. The Morgan fingerprint density at radius 1 is 1.05 bits per heavy atom. The molecule has 0 radical (unpaired) electrons. The van der Waals surface area contributed by atoms with Gasteiger partial charge in [0.2, 0.25) is 5.91 Å². The van der Waals surface area contributed by atoms with Crippen LogP contribution < -0.4 is 10.6 Å². The van der Waals surface area contributed by atoms with Gasteiger partial charge < -0.3 is 15.7 Å². The highest BCUT2D eigenvalue weighted by Crippen LogP contribution is 2.16. The van der Waals surface area contributed by atoms with Gasteiger partial charge in [0.05, 0.1) is 6.07 Å². The zero-order valence-electron chi connectivity index (χ0n) is 11.5. The van der Waals surface area contributed by atoms with Crippen LogP contribution in [0.1, 0.15) is 16.8 Å². The molecule has 0 aliphatic heterocycles. The first-order valence-corrected chi connectivity index (χ1v) is 6.46. The monoisotopic (exact) mass is 295 g/mol. The van der Waals surface area contributed by atoms with E-state index in [4.69, 9.17) is 5.26 Å². The Morgan fingerprint density at radius 3 is 2.27 bits per heavy atom. The quantitative estimate of drug-likeness (QED) is 0.806. The minimum Gasteiger partial charge on any atom is -0.508 e. The molecule has 0 unspecified atom stereocenters. The van der Waals surface area contributed by atoms with E-state index in [9.17, 15) is 14.7 Å². The van der Waals surface area contributed by atoms with Crippen LogP contribution in [0.3, 0.4) is 0 Å². The van der Waals surface area contributed by atoms with Gasteiger partial charge in [0.25, 0.3) is 5.91 Å². The van der Waals surface area contributed by atoms with Crippen LogP contribution in [0.5, 0.6) is 5.75 Å². The summed E-state index contributed by atoms with van der Waals surface area (Å²) in [6, 6.07) is 14.3. The summed E-state index contributed by atoms with van der Waals surface area (Å²) in [7, 11) is 0. The topological polar surface area (TPSA) is 102 Å². The highest BCUT2D eigenvalue weighted by molar-refractivity contribution is 6.04. The van der Waals surface area contributed by atoms with E-state index >= 15 is 0 Å². The molecule has 0 atom stereocenters. The van der Waals surface area contributed by atoms with E-state index in [-0.39, 0.29) is 24.0 Å². The summed E-state index contributed by atoms with van der Waals surface area (Å²) in [6.45, 7) is 0. The first-order valence-electron chi connectivity index (χ1n) is 6.46. The van der Waals surface area contributed by atoms with Crippen LogP contribution >= 0.6 is 0 Å². The first kappa shape index (κ1) is 15.1. The number of rotatable bonds is 4. The Labute approximate surface area is 127 Å². The van der Waals surface area contributed by atoms with E-state index in [0.717, 1.165) is 0 Å². The number of amides is 2. The molecule has 22 heavy (non-hydrogen) atoms. The molecule has 0 aromatic heterocycles. The number of phenols is 1. The van der Waals surface area contributed by atoms with Gasteiger partial charge >= 0.3 is 0 Å². The van der Waals surface area contributed by atoms with Crippen LogP contribution in [0.2, 0.25) is 0 Å². The minimum absolute atomic E-state index is 0.0169. The van der Waals surface area contributed by atoms with Crippen LogP contribution in [0.15, 0.2) is 48.5 Å². The lowest BCUT2D eigenvalue weighted by Gasteiger charge is -2.07. The molecule has 0 saturated heterocycles. The van der Waals surface area contributed by atoms with Gasteiger partial charge in [-0.1, -0.05) is 6.07 Å². The number of nitrogens with one attached hydrogen (secondary N) is 2. The molecule has 2 amide bonds. The summed E-state index contributed by atoms with van der Waals surface area (Å²) < 4.78 is 0. The summed E-state index contributed by atoms with van der Waals surface area (Å²) in [5, 5.41) is 23.0. The van der Waals surface area contributed by atoms with Gasteiger partial charge in [-0.2, -0.15) is 5.26 Å². The van der Waals surface area contributed by atoms with Crippen LogP contribution in [-0.2, 0) is 4.79 Å². The second-order valence-electron chi connectivity index (χ2n) is 4.46. The fraction of sp³-hybridized carbons (Fsp3) is 0.0625. The molecule has 0 bridgehead atoms. The lowest BCUT2D eigenvalue weighted by atomic mass is 10.2. The Morgan fingerprint density at radius 2 is 1.68 bits per heavy atom. The summed E-state index contributed by atoms with van der Waals surface area (Å²) in [5.74, 6) is -0.723. The van der Waals surface area contributed by atoms with E-state index in [1.54, 1.807) is 42.5 Å². The average molecular weight is 295 g/mol. The number of hydrogen-bond acceptors (Lipinski definition) is 4. The number of aromatic hydroxyl groups is 1. The van der Waals surface area contributed by atoms with E-state index in [1.807, 2.05) is 0 Å². The van der Waals surface area contributed by atoms with Crippen molar-refractivity contribution in [1.29, 1.82) is 5.26 Å². The second kappa shape index (κ2) is 6.90. The molecule has 6 heteroatoms. The predicted molar refractivity (Wildman–Crippen MR) is 81.4 cm³/mol. The maximum Gasteiger partial charge on any atom is 0.255 e. The molecule has 110 valence electrons. The Kier molecular flexibility index (Phi) is 4.73. The summed E-state index contributed by atoms with van der Waals surface area (Å²) in [4.78, 5) is 23.3. The van der Waals surface area contributed by atoms with Crippen molar-refractivity contribution < 1.29 is 14.7 Å². The third-order valence-electron chi connectivity index (χ3n) is 2.77. The van der Waals surface area contributed by atoms with Gasteiger partial charge in [-0.15, -0.1) is 0 Å². The van der Waals surface area contributed by atoms with Crippen molar-refractivity contribution in [2.24, 2.45) is 0 Å². The molecule has 0 aliphatic carbocycles. The van der Waals surface area contributed by atoms with Crippen molar-refractivity contribution in [1.82, 2.24) is 0 Å². The number of anilines is 2. The van der Waals surface area contributed by atoms with Gasteiger partial charge in [-0.25, -0.2) is 0 Å². The highest BCUT2D eigenvalue weighted by Gasteiger charge is 2.07. The van der Waals surface area contributed by atoms with Crippen molar-refractivity contribution in [3.8, 4) is 11.8 Å². The molecule has 0 aliphatic rings. The van der Waals surface area contributed by atoms with Crippen LogP contribution in [0, 0.1) is 11.3 Å². The predicted octanol–water partition coefficient (Wildman–Crippen LogP) is 2.50. The number of benzene rings is 2. The average Bonchev–Trinajstić information content (AvgIpc) is 2.49. The third-order valence-corrected chi connectivity index (χ3v) is 2.77. The largest absolute Gasteiger partial charge is 0.508 e. The molecule has 2 aromatic carbocycles. The molecule has 3 N–H and O–H groups in total. The molecule has 2 rings (SSSR count). The van der Waals surface area contributed by atoms with Crippen molar-refractivity contribution in [3.63, 3.8) is 0 Å². The molecule has 2 aromatic rings. The number of nitrogens with zero attached hydrogens (tertiary/aromatic N) is 1. The minimum atomic E-state index is -0.390. The van der Waals surface area contributed by atoms with Crippen LogP contribution in [0.25, 0.3) is 0 Å². The number of hydrogen-bond donors (Lipinski definition) is 3. The standard InChI is InChI=1S/C16H13N3O3/c17-9-8-15(21)18-12-4-6-13(7-5-12)19-16(22)11-2-1-3-14(20)10-11/h1-7,10,20H,8H2,(H,18,21)(H,19,22). The van der Waals surface area contributed by atoms with Gasteiger partial charge in [0.15, 0.2) is 0 Å². The smallest absolute Gasteiger partial charge is 0.255 e. The Bertz CT molecular complexity index is 733. The molecule has 0 saturated carbocycles. The SMILES string of the molecule is N#CCC(=O)Nc1ccc(NC(=O)c2cccc(O)c2)cc1. The maximum absolute atomic E-state index is 12.0. The van der Waals surface area contributed by atoms with Crippen molar-refractivity contribution >= 4 is 23.2 Å². The van der Waals surface area contributed by atoms with Crippen molar-refractivity contribution in [3.05, 3.63) is 54.1 Å². The number of nitriles is 1. The van der Waals surface area contributed by atoms with Gasteiger partial charge in [-0.05, 0) is 42.5 Å². The Balaban J connectivity index is 2.01. The molecule has 0 heterocycles. The van der Waals surface area contributed by atoms with Gasteiger partial charge in [0, 0.05) is 16.9 Å². The van der Waals surface area contributed by atoms with E-state index in [1.165, 1.54) is 12.1 Å². The summed E-state index contributed by atoms with van der Waals surface area (Å²) in [5.41, 5.74) is 1.42. The fourth-order valence-electron chi connectivity index (χ4n) is 1.76. The summed E-state index contributed by atoms with van der Waals surface area (Å²) >= 11 is 0. The lowest BCUT2D eigenvalue weighted by molar-refractivity contribution is -0.115. The summed E-state index contributed by atoms with van der Waals surface area (Å²) in [6.07, 6.45) is -0.212. The zero-order chi connectivity index (χ0) is 15.9. The molecular weight excluding hydrogens is 282 g/mol. The van der Waals surface area contributed by atoms with E-state index in [0.29, 0.717) is 16.9 Å². The van der Waals surface area contributed by atoms with Gasteiger partial charge in [-0.3, -0.25) is 9.59 Å². The number of carbonyl (C=O) groups is 2. The Hall–Kier alpha value is -3.33. The second-order valence-corrected chi connectivity index (χ2v) is 4.46. The van der Waals surface area contributed by atoms with E-state index < -0.39 is 0 Å². The van der Waals surface area contributed by atoms with Gasteiger partial charge in [0.1, 0.15) is 12.2 Å². The first-order chi connectivity index (χ1) is 10.6. The van der Waals surface area contributed by atoms with Crippen LogP contribution in [-0.4, -0.2) is 16.9 Å². The lowest BCUT2D eigenvalue weighted by Crippen LogP contribution is -2.12. The normalized spacial score (nSPS) is 9.59. The van der Waals surface area contributed by atoms with Crippen molar-refractivity contribution in [2.45, 2.75) is 6.42 Å². The number of phenolic OH excluding ortho intramolecular Hbond substituents is 1. The number of carbonyl (C=O) groups excluding carboxylic acids is 2. The van der Waals surface area contributed by atoms with Crippen molar-refractivity contribution in [2.75, 3.05) is 10.6 Å². The fourth-order valence-corrected chi connectivity index (χ4v) is 1.76. The molecule has 0 spiro atoms. The van der Waals surface area contributed by atoms with E-state index in [2.05, 4.69) is 10.6 Å². The third kappa shape index (κ3) is 4.08.